The van der Waals surface area contributed by atoms with Gasteiger partial charge in [0.25, 0.3) is 0 Å². The van der Waals surface area contributed by atoms with Gasteiger partial charge in [0.15, 0.2) is 0 Å². The lowest BCUT2D eigenvalue weighted by atomic mass is 9.98. The highest BCUT2D eigenvalue weighted by Crippen LogP contribution is 2.18. The van der Waals surface area contributed by atoms with Crippen LogP contribution in [-0.2, 0) is 11.2 Å². The Morgan fingerprint density at radius 2 is 2.35 bits per heavy atom. The zero-order chi connectivity index (χ0) is 16.7. The van der Waals surface area contributed by atoms with Crippen molar-refractivity contribution in [3.63, 3.8) is 0 Å². The maximum atomic E-state index is 12.1. The summed E-state index contributed by atoms with van der Waals surface area (Å²) in [5.41, 5.74) is -0.422. The van der Waals surface area contributed by atoms with Gasteiger partial charge in [0.2, 0.25) is 0 Å². The number of H-pyrrole nitrogens is 1. The maximum Gasteiger partial charge on any atom is 0.410 e. The number of carbonyl (C=O) groups is 1. The number of nitrogens with one attached hydrogen (secondary N) is 2. The number of aromatic nitrogens is 2. The lowest BCUT2D eigenvalue weighted by Gasteiger charge is -2.34. The molecule has 6 heteroatoms. The molecular weight excluding hydrogens is 292 g/mol. The average Bonchev–Trinajstić information content (AvgIpc) is 2.99. The molecule has 0 bridgehead atoms. The number of hydrogen-bond acceptors (Lipinski definition) is 4. The molecule has 2 N–H and O–H groups in total. The van der Waals surface area contributed by atoms with Gasteiger partial charge in [0.05, 0.1) is 0 Å². The van der Waals surface area contributed by atoms with Crippen molar-refractivity contribution in [3.8, 4) is 0 Å². The van der Waals surface area contributed by atoms with Crippen LogP contribution in [0.1, 0.15) is 45.9 Å². The first-order valence-electron chi connectivity index (χ1n) is 8.61. The Morgan fingerprint density at radius 3 is 3.04 bits per heavy atom. The molecule has 0 aliphatic carbocycles. The van der Waals surface area contributed by atoms with E-state index in [1.165, 1.54) is 6.42 Å². The molecule has 1 aliphatic rings. The van der Waals surface area contributed by atoms with E-state index in [4.69, 9.17) is 4.74 Å². The Balaban J connectivity index is 1.62. The summed E-state index contributed by atoms with van der Waals surface area (Å²) in [6.07, 6.45) is 7.72. The van der Waals surface area contributed by atoms with Gasteiger partial charge in [-0.2, -0.15) is 0 Å². The number of ether oxygens (including phenoxy) is 1. The van der Waals surface area contributed by atoms with Crippen molar-refractivity contribution in [1.82, 2.24) is 20.2 Å². The van der Waals surface area contributed by atoms with Crippen LogP contribution in [0.4, 0.5) is 4.79 Å². The molecule has 1 aromatic rings. The molecule has 2 heterocycles. The quantitative estimate of drug-likeness (QED) is 0.790. The van der Waals surface area contributed by atoms with Gasteiger partial charge in [0, 0.05) is 31.9 Å². The van der Waals surface area contributed by atoms with E-state index in [2.05, 4.69) is 15.3 Å². The predicted octanol–water partition coefficient (Wildman–Crippen LogP) is 2.58. The summed E-state index contributed by atoms with van der Waals surface area (Å²) in [6.45, 7) is 9.26. The lowest BCUT2D eigenvalue weighted by molar-refractivity contribution is 0.0166. The summed E-state index contributed by atoms with van der Waals surface area (Å²) in [5.74, 6) is 1.56. The molecule has 0 radical (unpaired) electrons. The number of piperidine rings is 1. The third-order valence-electron chi connectivity index (χ3n) is 3.93. The Morgan fingerprint density at radius 1 is 1.52 bits per heavy atom. The summed E-state index contributed by atoms with van der Waals surface area (Å²) in [6, 6.07) is 0. The van der Waals surface area contributed by atoms with Crippen molar-refractivity contribution in [2.45, 2.75) is 52.1 Å². The van der Waals surface area contributed by atoms with Gasteiger partial charge in [0.1, 0.15) is 11.4 Å². The van der Waals surface area contributed by atoms with Crippen LogP contribution < -0.4 is 5.32 Å². The van der Waals surface area contributed by atoms with Gasteiger partial charge in [-0.15, -0.1) is 0 Å². The van der Waals surface area contributed by atoms with Crippen LogP contribution in [0.2, 0.25) is 0 Å². The van der Waals surface area contributed by atoms with E-state index in [-0.39, 0.29) is 6.09 Å². The minimum absolute atomic E-state index is 0.181. The fourth-order valence-corrected chi connectivity index (χ4v) is 2.85. The monoisotopic (exact) mass is 322 g/mol. The largest absolute Gasteiger partial charge is 0.444 e. The van der Waals surface area contributed by atoms with E-state index in [0.717, 1.165) is 51.3 Å². The summed E-state index contributed by atoms with van der Waals surface area (Å²) < 4.78 is 5.47. The molecule has 0 saturated carbocycles. The summed E-state index contributed by atoms with van der Waals surface area (Å²) in [7, 11) is 0. The van der Waals surface area contributed by atoms with Gasteiger partial charge >= 0.3 is 6.09 Å². The van der Waals surface area contributed by atoms with Crippen molar-refractivity contribution >= 4 is 6.09 Å². The maximum absolute atomic E-state index is 12.1. The molecule has 1 atom stereocenters. The predicted molar refractivity (Wildman–Crippen MR) is 90.3 cm³/mol. The van der Waals surface area contributed by atoms with Crippen LogP contribution in [-0.4, -0.2) is 52.7 Å². The third-order valence-corrected chi connectivity index (χ3v) is 3.93. The molecule has 6 nitrogen and oxygen atoms in total. The Labute approximate surface area is 139 Å². The number of imidazole rings is 1. The van der Waals surface area contributed by atoms with Gasteiger partial charge in [-0.25, -0.2) is 9.78 Å². The first kappa shape index (κ1) is 17.8. The van der Waals surface area contributed by atoms with E-state index in [0.29, 0.717) is 5.92 Å². The third kappa shape index (κ3) is 6.60. The molecule has 0 aromatic carbocycles. The van der Waals surface area contributed by atoms with Gasteiger partial charge in [-0.1, -0.05) is 0 Å². The van der Waals surface area contributed by atoms with Gasteiger partial charge in [-0.3, -0.25) is 0 Å². The molecule has 2 rings (SSSR count). The summed E-state index contributed by atoms with van der Waals surface area (Å²) in [4.78, 5) is 21.3. The van der Waals surface area contributed by atoms with E-state index in [9.17, 15) is 4.79 Å². The number of rotatable bonds is 6. The SMILES string of the molecule is CC(C)(C)OC(=O)N1CCCC(CNCCCc2ncc[nH]2)C1. The van der Waals surface area contributed by atoms with E-state index < -0.39 is 5.60 Å². The normalized spacial score (nSPS) is 18.9. The molecule has 0 spiro atoms. The topological polar surface area (TPSA) is 70.2 Å². The Kier molecular flexibility index (Phi) is 6.45. The molecule has 1 saturated heterocycles. The Bertz CT molecular complexity index is 467. The summed E-state index contributed by atoms with van der Waals surface area (Å²) in [5, 5.41) is 3.50. The number of nitrogens with zero attached hydrogens (tertiary/aromatic N) is 2. The number of hydrogen-bond donors (Lipinski definition) is 2. The van der Waals surface area contributed by atoms with Crippen LogP contribution in [0.15, 0.2) is 12.4 Å². The van der Waals surface area contributed by atoms with Crippen molar-refractivity contribution in [2.24, 2.45) is 5.92 Å². The molecule has 1 aromatic heterocycles. The second-order valence-corrected chi connectivity index (χ2v) is 7.28. The highest BCUT2D eigenvalue weighted by atomic mass is 16.6. The van der Waals surface area contributed by atoms with Crippen LogP contribution >= 0.6 is 0 Å². The molecule has 23 heavy (non-hydrogen) atoms. The number of amides is 1. The minimum Gasteiger partial charge on any atom is -0.444 e. The lowest BCUT2D eigenvalue weighted by Crippen LogP contribution is -2.45. The number of likely N-dealkylation sites (tertiary alicyclic amines) is 1. The van der Waals surface area contributed by atoms with E-state index in [1.54, 1.807) is 6.20 Å². The highest BCUT2D eigenvalue weighted by molar-refractivity contribution is 5.68. The number of aromatic amines is 1. The van der Waals surface area contributed by atoms with Crippen molar-refractivity contribution in [2.75, 3.05) is 26.2 Å². The second-order valence-electron chi connectivity index (χ2n) is 7.28. The first-order chi connectivity index (χ1) is 10.9. The number of aryl methyl sites for hydroxylation is 1. The van der Waals surface area contributed by atoms with Crippen molar-refractivity contribution < 1.29 is 9.53 Å². The number of carbonyl (C=O) groups excluding carboxylic acids is 1. The van der Waals surface area contributed by atoms with Gasteiger partial charge in [-0.05, 0) is 59.0 Å². The van der Waals surface area contributed by atoms with Crippen LogP contribution in [0.3, 0.4) is 0 Å². The fraction of sp³-hybridized carbons (Fsp3) is 0.765. The minimum atomic E-state index is -0.422. The highest BCUT2D eigenvalue weighted by Gasteiger charge is 2.27. The van der Waals surface area contributed by atoms with E-state index in [1.807, 2.05) is 31.9 Å². The van der Waals surface area contributed by atoms with Crippen molar-refractivity contribution in [1.29, 1.82) is 0 Å². The molecule has 1 aliphatic heterocycles. The summed E-state index contributed by atoms with van der Waals surface area (Å²) >= 11 is 0. The van der Waals surface area contributed by atoms with Crippen LogP contribution in [0, 0.1) is 5.92 Å². The molecule has 130 valence electrons. The molecule has 1 amide bonds. The zero-order valence-corrected chi connectivity index (χ0v) is 14.6. The zero-order valence-electron chi connectivity index (χ0n) is 14.6. The van der Waals surface area contributed by atoms with Crippen LogP contribution in [0.5, 0.6) is 0 Å². The average molecular weight is 322 g/mol. The smallest absolute Gasteiger partial charge is 0.410 e. The molecule has 1 unspecified atom stereocenters. The Hall–Kier alpha value is -1.56. The molecule has 1 fully saturated rings. The second kappa shape index (κ2) is 8.34. The van der Waals surface area contributed by atoms with Gasteiger partial charge < -0.3 is 19.9 Å². The fourth-order valence-electron chi connectivity index (χ4n) is 2.85. The molecular formula is C17H30N4O2. The van der Waals surface area contributed by atoms with Crippen LogP contribution in [0.25, 0.3) is 0 Å². The van der Waals surface area contributed by atoms with E-state index >= 15 is 0 Å². The first-order valence-corrected chi connectivity index (χ1v) is 8.61. The standard InChI is InChI=1S/C17H30N4O2/c1-17(2,3)23-16(22)21-11-5-6-14(13-21)12-18-8-4-7-15-19-9-10-20-15/h9-10,14,18H,4-8,11-13H2,1-3H3,(H,19,20). The van der Waals surface area contributed by atoms with Crippen molar-refractivity contribution in [3.05, 3.63) is 18.2 Å².